The zero-order valence-electron chi connectivity index (χ0n) is 16.2. The number of nitrogens with one attached hydrogen (secondary N) is 1. The molecule has 0 saturated heterocycles. The number of carbonyl (C=O) groups is 2. The number of nitrogens with zero attached hydrogens (tertiary/aromatic N) is 2. The first-order chi connectivity index (χ1) is 12.4. The van der Waals surface area contributed by atoms with Crippen LogP contribution in [0.2, 0.25) is 0 Å². The summed E-state index contributed by atoms with van der Waals surface area (Å²) < 4.78 is 0. The van der Waals surface area contributed by atoms with Crippen molar-refractivity contribution in [3.05, 3.63) is 35.4 Å². The summed E-state index contributed by atoms with van der Waals surface area (Å²) >= 11 is 0. The van der Waals surface area contributed by atoms with Crippen LogP contribution in [0, 0.1) is 5.92 Å². The van der Waals surface area contributed by atoms with Gasteiger partial charge in [-0.1, -0.05) is 38.1 Å². The van der Waals surface area contributed by atoms with Crippen LogP contribution in [-0.4, -0.2) is 54.5 Å². The van der Waals surface area contributed by atoms with E-state index < -0.39 is 0 Å². The van der Waals surface area contributed by atoms with Crippen molar-refractivity contribution in [2.24, 2.45) is 11.7 Å². The zero-order valence-corrected chi connectivity index (χ0v) is 16.2. The van der Waals surface area contributed by atoms with Gasteiger partial charge in [0, 0.05) is 45.7 Å². The number of hydrogen-bond donors (Lipinski definition) is 2. The summed E-state index contributed by atoms with van der Waals surface area (Å²) in [5.74, 6) is 0.442. The number of urea groups is 1. The van der Waals surface area contributed by atoms with E-state index in [4.69, 9.17) is 5.73 Å². The number of nitrogens with two attached hydrogens (primary N) is 1. The van der Waals surface area contributed by atoms with Gasteiger partial charge in [-0.3, -0.25) is 4.79 Å². The number of fused-ring (bicyclic) bond motifs is 1. The van der Waals surface area contributed by atoms with Gasteiger partial charge in [-0.25, -0.2) is 4.79 Å². The fourth-order valence-electron chi connectivity index (χ4n) is 3.05. The Hall–Kier alpha value is -2.08. The van der Waals surface area contributed by atoms with Gasteiger partial charge in [-0.05, 0) is 29.9 Å². The van der Waals surface area contributed by atoms with Crippen LogP contribution >= 0.6 is 0 Å². The Morgan fingerprint density at radius 2 is 1.96 bits per heavy atom. The molecule has 0 aliphatic carbocycles. The van der Waals surface area contributed by atoms with Crippen LogP contribution in [0.3, 0.4) is 0 Å². The normalized spacial score (nSPS) is 14.7. The van der Waals surface area contributed by atoms with Crippen LogP contribution in [-0.2, 0) is 17.8 Å². The van der Waals surface area contributed by atoms with Crippen LogP contribution in [0.25, 0.3) is 0 Å². The molecule has 0 spiro atoms. The second kappa shape index (κ2) is 9.57. The van der Waals surface area contributed by atoms with E-state index in [9.17, 15) is 9.59 Å². The molecular weight excluding hydrogens is 328 g/mol. The van der Waals surface area contributed by atoms with Crippen LogP contribution in [0.4, 0.5) is 4.79 Å². The number of amides is 3. The minimum absolute atomic E-state index is 0.0326. The molecule has 144 valence electrons. The molecule has 1 atom stereocenters. The molecule has 1 aliphatic rings. The molecule has 6 nitrogen and oxygen atoms in total. The molecule has 0 saturated carbocycles. The lowest BCUT2D eigenvalue weighted by Gasteiger charge is -2.29. The molecule has 3 N–H and O–H groups in total. The van der Waals surface area contributed by atoms with Crippen LogP contribution in [0.15, 0.2) is 24.3 Å². The van der Waals surface area contributed by atoms with Crippen molar-refractivity contribution in [3.8, 4) is 0 Å². The Morgan fingerprint density at radius 3 is 2.65 bits per heavy atom. The predicted molar refractivity (Wildman–Crippen MR) is 104 cm³/mol. The van der Waals surface area contributed by atoms with E-state index in [1.165, 1.54) is 11.1 Å². The van der Waals surface area contributed by atoms with Crippen LogP contribution < -0.4 is 11.1 Å². The molecule has 1 aliphatic heterocycles. The Kier molecular flexibility index (Phi) is 7.45. The second-order valence-electron chi connectivity index (χ2n) is 7.43. The van der Waals surface area contributed by atoms with Crippen LogP contribution in [0.5, 0.6) is 0 Å². The molecule has 2 rings (SSSR count). The minimum atomic E-state index is -0.100. The highest BCUT2D eigenvalue weighted by Crippen LogP contribution is 2.18. The highest BCUT2D eigenvalue weighted by Gasteiger charge is 2.20. The summed E-state index contributed by atoms with van der Waals surface area (Å²) in [6, 6.07) is 8.22. The molecule has 26 heavy (non-hydrogen) atoms. The summed E-state index contributed by atoms with van der Waals surface area (Å²) in [4.78, 5) is 28.0. The number of rotatable bonds is 7. The number of carbonyl (C=O) groups excluding carboxylic acids is 2. The Labute approximate surface area is 156 Å². The van der Waals surface area contributed by atoms with Gasteiger partial charge in [-0.15, -0.1) is 0 Å². The highest BCUT2D eigenvalue weighted by molar-refractivity contribution is 5.78. The fraction of sp³-hybridized carbons (Fsp3) is 0.600. The maximum atomic E-state index is 12.3. The van der Waals surface area contributed by atoms with E-state index >= 15 is 0 Å². The molecule has 1 unspecified atom stereocenters. The molecule has 0 bridgehead atoms. The standard InChI is InChI=1S/C20H32N4O2/c1-15(2)18(21)10-12-23(3)19(25)8-11-22-20(26)24-13-9-16-6-4-5-7-17(16)14-24/h4-7,15,18H,8-14,21H2,1-3H3,(H,22,26). The molecule has 1 heterocycles. The van der Waals surface area contributed by atoms with E-state index in [1.807, 2.05) is 12.1 Å². The van der Waals surface area contributed by atoms with Crippen molar-refractivity contribution < 1.29 is 9.59 Å². The van der Waals surface area contributed by atoms with Gasteiger partial charge in [0.1, 0.15) is 0 Å². The lowest BCUT2D eigenvalue weighted by Crippen LogP contribution is -2.44. The maximum absolute atomic E-state index is 12.3. The van der Waals surface area contributed by atoms with Crippen molar-refractivity contribution in [1.82, 2.24) is 15.1 Å². The first kappa shape index (κ1) is 20.2. The lowest BCUT2D eigenvalue weighted by molar-refractivity contribution is -0.129. The van der Waals surface area contributed by atoms with Crippen molar-refractivity contribution in [1.29, 1.82) is 0 Å². The first-order valence-corrected chi connectivity index (χ1v) is 9.47. The summed E-state index contributed by atoms with van der Waals surface area (Å²) in [7, 11) is 1.79. The molecule has 3 amide bonds. The maximum Gasteiger partial charge on any atom is 0.317 e. The summed E-state index contributed by atoms with van der Waals surface area (Å²) in [5.41, 5.74) is 8.53. The van der Waals surface area contributed by atoms with Crippen molar-refractivity contribution >= 4 is 11.9 Å². The van der Waals surface area contributed by atoms with Gasteiger partial charge in [0.05, 0.1) is 0 Å². The third kappa shape index (κ3) is 5.73. The largest absolute Gasteiger partial charge is 0.346 e. The van der Waals surface area contributed by atoms with E-state index in [-0.39, 0.29) is 18.0 Å². The summed E-state index contributed by atoms with van der Waals surface area (Å²) in [6.07, 6.45) is 1.98. The average molecular weight is 361 g/mol. The van der Waals surface area contributed by atoms with Gasteiger partial charge < -0.3 is 20.9 Å². The highest BCUT2D eigenvalue weighted by atomic mass is 16.2. The molecule has 1 aromatic rings. The van der Waals surface area contributed by atoms with Gasteiger partial charge in [0.25, 0.3) is 0 Å². The smallest absolute Gasteiger partial charge is 0.317 e. The average Bonchev–Trinajstić information content (AvgIpc) is 2.64. The van der Waals surface area contributed by atoms with E-state index in [1.54, 1.807) is 16.8 Å². The minimum Gasteiger partial charge on any atom is -0.346 e. The Morgan fingerprint density at radius 1 is 1.27 bits per heavy atom. The monoisotopic (exact) mass is 360 g/mol. The van der Waals surface area contributed by atoms with Crippen LogP contribution in [0.1, 0.15) is 37.8 Å². The third-order valence-corrected chi connectivity index (χ3v) is 5.11. The second-order valence-corrected chi connectivity index (χ2v) is 7.43. The first-order valence-electron chi connectivity index (χ1n) is 9.47. The molecule has 1 aromatic carbocycles. The molecular formula is C20H32N4O2. The topological polar surface area (TPSA) is 78.7 Å². The quantitative estimate of drug-likeness (QED) is 0.780. The third-order valence-electron chi connectivity index (χ3n) is 5.11. The molecule has 0 aromatic heterocycles. The lowest BCUT2D eigenvalue weighted by atomic mass is 10.0. The Balaban J connectivity index is 1.69. The molecule has 6 heteroatoms. The zero-order chi connectivity index (χ0) is 19.1. The number of benzene rings is 1. The van der Waals surface area contributed by atoms with Crippen molar-refractivity contribution in [2.45, 2.75) is 45.7 Å². The SMILES string of the molecule is CC(C)C(N)CCN(C)C(=O)CCNC(=O)N1CCc2ccccc2C1. The van der Waals surface area contributed by atoms with Gasteiger partial charge in [0.15, 0.2) is 0 Å². The molecule has 0 fully saturated rings. The predicted octanol–water partition coefficient (Wildman–Crippen LogP) is 1.98. The van der Waals surface area contributed by atoms with Crippen molar-refractivity contribution in [3.63, 3.8) is 0 Å². The number of hydrogen-bond acceptors (Lipinski definition) is 3. The van der Waals surface area contributed by atoms with Gasteiger partial charge >= 0.3 is 6.03 Å². The van der Waals surface area contributed by atoms with Gasteiger partial charge in [0.2, 0.25) is 5.91 Å². The van der Waals surface area contributed by atoms with E-state index in [0.29, 0.717) is 38.5 Å². The summed E-state index contributed by atoms with van der Waals surface area (Å²) in [5, 5.41) is 2.87. The summed E-state index contributed by atoms with van der Waals surface area (Å²) in [6.45, 7) is 6.51. The van der Waals surface area contributed by atoms with E-state index in [0.717, 1.165) is 12.8 Å². The van der Waals surface area contributed by atoms with Crippen molar-refractivity contribution in [2.75, 3.05) is 26.7 Å². The fourth-order valence-corrected chi connectivity index (χ4v) is 3.05. The molecule has 0 radical (unpaired) electrons. The van der Waals surface area contributed by atoms with Gasteiger partial charge in [-0.2, -0.15) is 0 Å². The van der Waals surface area contributed by atoms with E-state index in [2.05, 4.69) is 31.3 Å². The Bertz CT molecular complexity index is 618.